The van der Waals surface area contributed by atoms with E-state index in [1.807, 2.05) is 20.8 Å². The Morgan fingerprint density at radius 2 is 1.93 bits per heavy atom. The first kappa shape index (κ1) is 13.7. The van der Waals surface area contributed by atoms with E-state index >= 15 is 0 Å². The van der Waals surface area contributed by atoms with Gasteiger partial charge in [0.2, 0.25) is 0 Å². The molecule has 0 fully saturated rings. The van der Waals surface area contributed by atoms with Gasteiger partial charge in [-0.2, -0.15) is 0 Å². The Labute approximate surface area is 88.7 Å². The number of aliphatic hydroxyl groups is 1. The third-order valence-electron chi connectivity index (χ3n) is 2.12. The average Bonchev–Trinajstić information content (AvgIpc) is 2.13. The van der Waals surface area contributed by atoms with Gasteiger partial charge in [-0.1, -0.05) is 6.92 Å². The number of carbonyl (C=O) groups is 2. The Hall–Kier alpha value is -1.30. The fourth-order valence-electron chi connectivity index (χ4n) is 0.776. The van der Waals surface area contributed by atoms with Crippen molar-refractivity contribution in [3.63, 3.8) is 0 Å². The summed E-state index contributed by atoms with van der Waals surface area (Å²) < 4.78 is 0. The molecule has 0 heterocycles. The molecule has 0 unspecified atom stereocenters. The molecule has 0 radical (unpaired) electrons. The second kappa shape index (κ2) is 5.55. The summed E-state index contributed by atoms with van der Waals surface area (Å²) in [5, 5.41) is 22.0. The molecule has 0 spiro atoms. The van der Waals surface area contributed by atoms with Crippen LogP contribution in [-0.2, 0) is 4.79 Å². The van der Waals surface area contributed by atoms with Crippen LogP contribution in [0.2, 0.25) is 0 Å². The van der Waals surface area contributed by atoms with Gasteiger partial charge in [0.25, 0.3) is 0 Å². The molecule has 0 aliphatic rings. The molecule has 6 heteroatoms. The maximum Gasteiger partial charge on any atom is 0.328 e. The maximum absolute atomic E-state index is 11.3. The van der Waals surface area contributed by atoms with Crippen molar-refractivity contribution in [2.45, 2.75) is 38.8 Å². The Bertz CT molecular complexity index is 240. The highest BCUT2D eigenvalue weighted by Crippen LogP contribution is 2.06. The molecule has 0 aliphatic heterocycles. The van der Waals surface area contributed by atoms with E-state index in [1.54, 1.807) is 0 Å². The van der Waals surface area contributed by atoms with Crippen molar-refractivity contribution in [2.75, 3.05) is 6.61 Å². The largest absolute Gasteiger partial charge is 0.480 e. The van der Waals surface area contributed by atoms with Crippen molar-refractivity contribution in [1.82, 2.24) is 10.6 Å². The minimum Gasteiger partial charge on any atom is -0.480 e. The molecule has 0 aromatic rings. The molecule has 2 amide bonds. The van der Waals surface area contributed by atoms with E-state index in [1.165, 1.54) is 0 Å². The first-order valence-electron chi connectivity index (χ1n) is 4.74. The molecule has 0 rings (SSSR count). The quantitative estimate of drug-likeness (QED) is 0.518. The number of aliphatic carboxylic acids is 1. The number of hydrogen-bond donors (Lipinski definition) is 4. The first-order valence-corrected chi connectivity index (χ1v) is 4.74. The summed E-state index contributed by atoms with van der Waals surface area (Å²) in [7, 11) is 0. The van der Waals surface area contributed by atoms with Crippen LogP contribution in [-0.4, -0.2) is 40.4 Å². The lowest BCUT2D eigenvalue weighted by molar-refractivity contribution is -0.140. The van der Waals surface area contributed by atoms with Gasteiger partial charge < -0.3 is 20.8 Å². The summed E-state index contributed by atoms with van der Waals surface area (Å²) in [6, 6.07) is -1.86. The van der Waals surface area contributed by atoms with Crippen molar-refractivity contribution in [3.8, 4) is 0 Å². The van der Waals surface area contributed by atoms with Gasteiger partial charge in [0, 0.05) is 5.54 Å². The molecule has 88 valence electrons. The van der Waals surface area contributed by atoms with Crippen molar-refractivity contribution < 1.29 is 19.8 Å². The third-order valence-corrected chi connectivity index (χ3v) is 2.12. The number of amides is 2. The number of carboxylic acid groups (broad SMARTS) is 1. The predicted molar refractivity (Wildman–Crippen MR) is 54.5 cm³/mol. The zero-order valence-corrected chi connectivity index (χ0v) is 9.20. The minimum absolute atomic E-state index is 0.400. The van der Waals surface area contributed by atoms with Gasteiger partial charge in [0.1, 0.15) is 0 Å². The molecule has 0 saturated heterocycles. The molecule has 1 atom stereocenters. The van der Waals surface area contributed by atoms with Crippen LogP contribution in [0.15, 0.2) is 0 Å². The zero-order valence-electron chi connectivity index (χ0n) is 9.20. The Kier molecular flexibility index (Phi) is 5.07. The normalized spacial score (nSPS) is 13.1. The van der Waals surface area contributed by atoms with Gasteiger partial charge in [0.15, 0.2) is 6.04 Å². The van der Waals surface area contributed by atoms with Crippen molar-refractivity contribution in [3.05, 3.63) is 0 Å². The van der Waals surface area contributed by atoms with Gasteiger partial charge in [-0.05, 0) is 20.3 Å². The number of carboxylic acids is 1. The number of urea groups is 1. The molecule has 0 aromatic carbocycles. The Morgan fingerprint density at radius 1 is 1.40 bits per heavy atom. The Balaban J connectivity index is 4.19. The lowest BCUT2D eigenvalue weighted by Crippen LogP contribution is -2.53. The van der Waals surface area contributed by atoms with Crippen LogP contribution in [0.1, 0.15) is 27.2 Å². The van der Waals surface area contributed by atoms with Gasteiger partial charge >= 0.3 is 12.0 Å². The summed E-state index contributed by atoms with van der Waals surface area (Å²) in [5.41, 5.74) is -0.400. The van der Waals surface area contributed by atoms with Crippen molar-refractivity contribution in [2.24, 2.45) is 0 Å². The minimum atomic E-state index is -1.27. The lowest BCUT2D eigenvalue weighted by Gasteiger charge is -2.25. The van der Waals surface area contributed by atoms with Crippen LogP contribution in [0.3, 0.4) is 0 Å². The first-order chi connectivity index (χ1) is 6.82. The second-order valence-electron chi connectivity index (χ2n) is 3.91. The highest BCUT2D eigenvalue weighted by atomic mass is 16.4. The van der Waals surface area contributed by atoms with Gasteiger partial charge in [-0.15, -0.1) is 0 Å². The fraction of sp³-hybridized carbons (Fsp3) is 0.778. The smallest absolute Gasteiger partial charge is 0.328 e. The van der Waals surface area contributed by atoms with Crippen LogP contribution in [0, 0.1) is 0 Å². The molecule has 0 bridgehead atoms. The molecule has 0 aliphatic carbocycles. The highest BCUT2D eigenvalue weighted by Gasteiger charge is 2.22. The fourth-order valence-corrected chi connectivity index (χ4v) is 0.776. The molecule has 6 nitrogen and oxygen atoms in total. The standard InChI is InChI=1S/C9H18N2O4/c1-4-9(2,3)11-8(15)10-6(5-12)7(13)14/h6,12H,4-5H2,1-3H3,(H,13,14)(H2,10,11,15)/t6-/m1/s1. The van der Waals surface area contributed by atoms with E-state index in [-0.39, 0.29) is 0 Å². The number of nitrogens with one attached hydrogen (secondary N) is 2. The van der Waals surface area contributed by atoms with Gasteiger partial charge in [-0.3, -0.25) is 0 Å². The number of hydrogen-bond acceptors (Lipinski definition) is 3. The predicted octanol–water partition coefficient (Wildman–Crippen LogP) is -0.0803. The van der Waals surface area contributed by atoms with Gasteiger partial charge in [0.05, 0.1) is 6.61 Å². The van der Waals surface area contributed by atoms with Crippen LogP contribution in [0.5, 0.6) is 0 Å². The van der Waals surface area contributed by atoms with E-state index in [2.05, 4.69) is 10.6 Å². The molecule has 4 N–H and O–H groups in total. The van der Waals surface area contributed by atoms with Gasteiger partial charge in [-0.25, -0.2) is 9.59 Å². The van der Waals surface area contributed by atoms with E-state index < -0.39 is 30.2 Å². The number of rotatable bonds is 5. The van der Waals surface area contributed by atoms with Crippen LogP contribution >= 0.6 is 0 Å². The summed E-state index contributed by atoms with van der Waals surface area (Å²) in [6.07, 6.45) is 0.720. The van der Waals surface area contributed by atoms with E-state index in [4.69, 9.17) is 10.2 Å². The second-order valence-corrected chi connectivity index (χ2v) is 3.91. The average molecular weight is 218 g/mol. The third kappa shape index (κ3) is 5.21. The van der Waals surface area contributed by atoms with Crippen LogP contribution < -0.4 is 10.6 Å². The number of aliphatic hydroxyl groups excluding tert-OH is 1. The summed E-state index contributed by atoms with van der Waals surface area (Å²) in [4.78, 5) is 21.8. The van der Waals surface area contributed by atoms with E-state index in [0.29, 0.717) is 0 Å². The molecule has 0 saturated carbocycles. The molecule has 15 heavy (non-hydrogen) atoms. The van der Waals surface area contributed by atoms with Crippen LogP contribution in [0.4, 0.5) is 4.79 Å². The van der Waals surface area contributed by atoms with E-state index in [0.717, 1.165) is 6.42 Å². The molecule has 0 aromatic heterocycles. The highest BCUT2D eigenvalue weighted by molar-refractivity contribution is 5.82. The lowest BCUT2D eigenvalue weighted by atomic mass is 10.0. The summed E-state index contributed by atoms with van der Waals surface area (Å²) in [5.74, 6) is -1.26. The summed E-state index contributed by atoms with van der Waals surface area (Å²) >= 11 is 0. The van der Waals surface area contributed by atoms with Crippen LogP contribution in [0.25, 0.3) is 0 Å². The van der Waals surface area contributed by atoms with Crippen molar-refractivity contribution >= 4 is 12.0 Å². The molecular weight excluding hydrogens is 200 g/mol. The molecular formula is C9H18N2O4. The zero-order chi connectivity index (χ0) is 12.1. The topological polar surface area (TPSA) is 98.7 Å². The Morgan fingerprint density at radius 3 is 2.27 bits per heavy atom. The summed E-state index contributed by atoms with van der Waals surface area (Å²) in [6.45, 7) is 4.92. The number of carbonyl (C=O) groups excluding carboxylic acids is 1. The van der Waals surface area contributed by atoms with E-state index in [9.17, 15) is 9.59 Å². The monoisotopic (exact) mass is 218 g/mol. The van der Waals surface area contributed by atoms with Crippen molar-refractivity contribution in [1.29, 1.82) is 0 Å². The maximum atomic E-state index is 11.3. The SMILES string of the molecule is CCC(C)(C)NC(=O)N[C@H](CO)C(=O)O.